The molecule has 34 heavy (non-hydrogen) atoms. The van der Waals surface area contributed by atoms with Gasteiger partial charge in [0, 0.05) is 11.3 Å². The minimum atomic E-state index is -0.271. The summed E-state index contributed by atoms with van der Waals surface area (Å²) in [6.45, 7) is 6.29. The predicted molar refractivity (Wildman–Crippen MR) is 129 cm³/mol. The zero-order valence-corrected chi connectivity index (χ0v) is 20.1. The van der Waals surface area contributed by atoms with E-state index in [0.29, 0.717) is 22.6 Å². The van der Waals surface area contributed by atoms with Crippen LogP contribution >= 0.6 is 11.8 Å². The molecule has 0 radical (unpaired) electrons. The first kappa shape index (κ1) is 22.7. The summed E-state index contributed by atoms with van der Waals surface area (Å²) >= 11 is 1.49. The maximum absolute atomic E-state index is 13.6. The lowest BCUT2D eigenvalue weighted by Gasteiger charge is -2.31. The van der Waals surface area contributed by atoms with Crippen molar-refractivity contribution in [1.82, 2.24) is 29.8 Å². The quantitative estimate of drug-likeness (QED) is 0.320. The minimum absolute atomic E-state index is 0.102. The molecule has 2 aromatic heterocycles. The number of thioether (sulfide) groups is 1. The standard InChI is InChI=1S/C25H27FN6OS/c1-17-6-8-19(9-7-17)24-27-22(30-33-24)16-34-25-29-28-23(18(2)31-14-4-3-5-15-31)32(25)21-12-10-20(26)11-13-21/h6-13,18H,3-5,14-16H2,1-2H3/t18-/m1/s1. The number of hydrogen-bond acceptors (Lipinski definition) is 7. The first-order valence-corrected chi connectivity index (χ1v) is 12.5. The fraction of sp³-hybridized carbons (Fsp3) is 0.360. The lowest BCUT2D eigenvalue weighted by molar-refractivity contribution is 0.167. The van der Waals surface area contributed by atoms with Crippen molar-refractivity contribution in [3.05, 3.63) is 71.6 Å². The molecule has 0 amide bonds. The SMILES string of the molecule is Cc1ccc(-c2nc(CSc3nnc([C@@H](C)N4CCCCC4)n3-c3ccc(F)cc3)no2)cc1. The van der Waals surface area contributed by atoms with Crippen LogP contribution in [0.1, 0.15) is 49.4 Å². The van der Waals surface area contributed by atoms with Gasteiger partial charge in [-0.05, 0) is 76.2 Å². The zero-order chi connectivity index (χ0) is 23.5. The molecule has 2 aromatic carbocycles. The number of nitrogens with zero attached hydrogens (tertiary/aromatic N) is 6. The zero-order valence-electron chi connectivity index (χ0n) is 19.3. The van der Waals surface area contributed by atoms with E-state index < -0.39 is 0 Å². The molecule has 5 rings (SSSR count). The predicted octanol–water partition coefficient (Wildman–Crippen LogP) is 5.60. The van der Waals surface area contributed by atoms with Gasteiger partial charge in [0.1, 0.15) is 5.82 Å². The smallest absolute Gasteiger partial charge is 0.257 e. The Morgan fingerprint density at radius 3 is 2.47 bits per heavy atom. The van der Waals surface area contributed by atoms with Crippen LogP contribution in [-0.4, -0.2) is 42.9 Å². The van der Waals surface area contributed by atoms with E-state index in [1.807, 2.05) is 35.8 Å². The molecule has 0 aliphatic carbocycles. The first-order chi connectivity index (χ1) is 16.6. The highest BCUT2D eigenvalue weighted by molar-refractivity contribution is 7.98. The summed E-state index contributed by atoms with van der Waals surface area (Å²) in [4.78, 5) is 6.98. The molecule has 3 heterocycles. The number of piperidine rings is 1. The summed E-state index contributed by atoms with van der Waals surface area (Å²) in [6.07, 6.45) is 3.65. The van der Waals surface area contributed by atoms with E-state index in [2.05, 4.69) is 32.2 Å². The molecular weight excluding hydrogens is 451 g/mol. The van der Waals surface area contributed by atoms with Gasteiger partial charge < -0.3 is 4.52 Å². The Hall–Kier alpha value is -3.04. The van der Waals surface area contributed by atoms with Gasteiger partial charge in [-0.15, -0.1) is 10.2 Å². The largest absolute Gasteiger partial charge is 0.334 e. The molecule has 0 unspecified atom stereocenters. The molecule has 0 saturated carbocycles. The summed E-state index contributed by atoms with van der Waals surface area (Å²) in [5.74, 6) is 2.14. The van der Waals surface area contributed by atoms with E-state index in [4.69, 9.17) is 4.52 Å². The topological polar surface area (TPSA) is 72.9 Å². The molecular formula is C25H27FN6OS. The van der Waals surface area contributed by atoms with Crippen LogP contribution in [0.4, 0.5) is 4.39 Å². The third kappa shape index (κ3) is 4.90. The van der Waals surface area contributed by atoms with Crippen molar-refractivity contribution in [1.29, 1.82) is 0 Å². The summed E-state index contributed by atoms with van der Waals surface area (Å²) < 4.78 is 21.1. The van der Waals surface area contributed by atoms with Gasteiger partial charge >= 0.3 is 0 Å². The van der Waals surface area contributed by atoms with Crippen molar-refractivity contribution in [3.8, 4) is 17.1 Å². The lowest BCUT2D eigenvalue weighted by atomic mass is 10.1. The highest BCUT2D eigenvalue weighted by Gasteiger charge is 2.26. The van der Waals surface area contributed by atoms with Crippen molar-refractivity contribution in [2.75, 3.05) is 13.1 Å². The monoisotopic (exact) mass is 478 g/mol. The van der Waals surface area contributed by atoms with E-state index in [1.165, 1.54) is 48.7 Å². The van der Waals surface area contributed by atoms with E-state index in [1.54, 1.807) is 12.1 Å². The molecule has 1 fully saturated rings. The maximum atomic E-state index is 13.6. The van der Waals surface area contributed by atoms with E-state index in [0.717, 1.165) is 30.2 Å². The Morgan fingerprint density at radius 1 is 1.00 bits per heavy atom. The third-order valence-corrected chi connectivity index (χ3v) is 7.08. The summed E-state index contributed by atoms with van der Waals surface area (Å²) in [5.41, 5.74) is 2.90. The highest BCUT2D eigenvalue weighted by Crippen LogP contribution is 2.31. The lowest BCUT2D eigenvalue weighted by Crippen LogP contribution is -2.33. The molecule has 9 heteroatoms. The van der Waals surface area contributed by atoms with Crippen molar-refractivity contribution < 1.29 is 8.91 Å². The second kappa shape index (κ2) is 10.1. The van der Waals surface area contributed by atoms with E-state index in [9.17, 15) is 4.39 Å². The maximum Gasteiger partial charge on any atom is 0.257 e. The van der Waals surface area contributed by atoms with Gasteiger partial charge in [0.2, 0.25) is 0 Å². The highest BCUT2D eigenvalue weighted by atomic mass is 32.2. The number of hydrogen-bond donors (Lipinski definition) is 0. The van der Waals surface area contributed by atoms with Gasteiger partial charge in [0.15, 0.2) is 16.8 Å². The number of halogens is 1. The van der Waals surface area contributed by atoms with Crippen LogP contribution in [0.3, 0.4) is 0 Å². The normalized spacial score (nSPS) is 15.5. The summed E-state index contributed by atoms with van der Waals surface area (Å²) in [7, 11) is 0. The second-order valence-electron chi connectivity index (χ2n) is 8.60. The van der Waals surface area contributed by atoms with Crippen molar-refractivity contribution in [2.24, 2.45) is 0 Å². The van der Waals surface area contributed by atoms with Crippen LogP contribution in [0.25, 0.3) is 17.1 Å². The Morgan fingerprint density at radius 2 is 1.74 bits per heavy atom. The van der Waals surface area contributed by atoms with Gasteiger partial charge in [0.25, 0.3) is 5.89 Å². The Bertz CT molecular complexity index is 1230. The van der Waals surface area contributed by atoms with E-state index >= 15 is 0 Å². The van der Waals surface area contributed by atoms with Gasteiger partial charge in [0.05, 0.1) is 11.8 Å². The molecule has 4 aromatic rings. The number of rotatable bonds is 7. The minimum Gasteiger partial charge on any atom is -0.334 e. The number of likely N-dealkylation sites (tertiary alicyclic amines) is 1. The van der Waals surface area contributed by atoms with Crippen LogP contribution in [0.2, 0.25) is 0 Å². The Labute approximate surface area is 202 Å². The molecule has 1 aliphatic rings. The number of aryl methyl sites for hydroxylation is 1. The van der Waals surface area contributed by atoms with Crippen molar-refractivity contribution >= 4 is 11.8 Å². The van der Waals surface area contributed by atoms with Gasteiger partial charge in [-0.1, -0.05) is 41.0 Å². The van der Waals surface area contributed by atoms with Crippen LogP contribution < -0.4 is 0 Å². The molecule has 1 saturated heterocycles. The Kier molecular flexibility index (Phi) is 6.73. The average Bonchev–Trinajstić information content (AvgIpc) is 3.51. The second-order valence-corrected chi connectivity index (χ2v) is 9.54. The molecule has 176 valence electrons. The molecule has 7 nitrogen and oxygen atoms in total. The summed E-state index contributed by atoms with van der Waals surface area (Å²) in [5, 5.41) is 13.9. The first-order valence-electron chi connectivity index (χ1n) is 11.6. The van der Waals surface area contributed by atoms with Gasteiger partial charge in [-0.2, -0.15) is 4.98 Å². The number of benzene rings is 2. The van der Waals surface area contributed by atoms with Crippen LogP contribution in [0.15, 0.2) is 58.2 Å². The fourth-order valence-electron chi connectivity index (χ4n) is 4.20. The summed E-state index contributed by atoms with van der Waals surface area (Å²) in [6, 6.07) is 14.5. The van der Waals surface area contributed by atoms with Crippen LogP contribution in [0, 0.1) is 12.7 Å². The molecule has 0 bridgehead atoms. The third-order valence-electron chi connectivity index (χ3n) is 6.15. The van der Waals surface area contributed by atoms with Crippen molar-refractivity contribution in [2.45, 2.75) is 50.1 Å². The molecule has 0 N–H and O–H groups in total. The Balaban J connectivity index is 1.39. The fourth-order valence-corrected chi connectivity index (χ4v) is 5.00. The van der Waals surface area contributed by atoms with Gasteiger partial charge in [-0.25, -0.2) is 4.39 Å². The van der Waals surface area contributed by atoms with Crippen LogP contribution in [0.5, 0.6) is 0 Å². The van der Waals surface area contributed by atoms with Gasteiger partial charge in [-0.3, -0.25) is 9.47 Å². The van der Waals surface area contributed by atoms with Crippen molar-refractivity contribution in [3.63, 3.8) is 0 Å². The van der Waals surface area contributed by atoms with E-state index in [-0.39, 0.29) is 11.9 Å². The van der Waals surface area contributed by atoms with Crippen LogP contribution in [-0.2, 0) is 5.75 Å². The average molecular weight is 479 g/mol. The molecule has 0 spiro atoms. The number of aromatic nitrogens is 5. The molecule has 1 atom stereocenters. The molecule has 1 aliphatic heterocycles.